The molecule has 0 N–H and O–H groups in total. The van der Waals surface area contributed by atoms with Crippen molar-refractivity contribution in [3.8, 4) is 0 Å². The van der Waals surface area contributed by atoms with E-state index >= 15 is 0 Å². The Hall–Kier alpha value is 1.55. The van der Waals surface area contributed by atoms with Crippen molar-refractivity contribution in [2.45, 2.75) is 0 Å². The predicted molar refractivity (Wildman–Crippen MR) is 87.7 cm³/mol. The Morgan fingerprint density at radius 1 is 0.850 bits per heavy atom. The van der Waals surface area contributed by atoms with E-state index in [1.165, 1.54) is 14.2 Å². The second-order valence-electron chi connectivity index (χ2n) is 2.96. The summed E-state index contributed by atoms with van der Waals surface area (Å²) in [6.45, 7) is -2.40. The van der Waals surface area contributed by atoms with Crippen LogP contribution in [0.15, 0.2) is 4.52 Å². The molecule has 0 aromatic heterocycles. The van der Waals surface area contributed by atoms with Crippen LogP contribution >= 0.6 is 49.2 Å². The lowest BCUT2D eigenvalue weighted by Crippen LogP contribution is -2.06. The van der Waals surface area contributed by atoms with Crippen molar-refractivity contribution in [1.29, 1.82) is 0 Å². The van der Waals surface area contributed by atoms with Gasteiger partial charge in [0.25, 0.3) is 0 Å². The maximum absolute atomic E-state index is 5.62. The number of rotatable bonds is 12. The fourth-order valence-corrected chi connectivity index (χ4v) is 5.90. The van der Waals surface area contributed by atoms with Gasteiger partial charge in [0.2, 0.25) is 0 Å². The molecular formula is C8H18Cl3NO5P2S. The Morgan fingerprint density at radius 2 is 1.20 bits per heavy atom. The summed E-state index contributed by atoms with van der Waals surface area (Å²) in [5, 5.41) is 0. The summed E-state index contributed by atoms with van der Waals surface area (Å²) in [6.07, 6.45) is 0. The lowest BCUT2D eigenvalue weighted by atomic mass is 10.9. The van der Waals surface area contributed by atoms with E-state index in [0.717, 1.165) is 0 Å². The van der Waals surface area contributed by atoms with E-state index in [1.807, 2.05) is 0 Å². The largest absolute Gasteiger partial charge is 0.363 e. The van der Waals surface area contributed by atoms with Crippen LogP contribution in [0.4, 0.5) is 0 Å². The molecule has 0 saturated heterocycles. The summed E-state index contributed by atoms with van der Waals surface area (Å²) >= 11 is 22.1. The lowest BCUT2D eigenvalue weighted by Gasteiger charge is -2.25. The van der Waals surface area contributed by atoms with Gasteiger partial charge in [0, 0.05) is 31.9 Å². The van der Waals surface area contributed by atoms with E-state index in [4.69, 9.17) is 69.2 Å². The van der Waals surface area contributed by atoms with Crippen molar-refractivity contribution in [1.82, 2.24) is 0 Å². The van der Waals surface area contributed by atoms with E-state index in [0.29, 0.717) is 0 Å². The average molecular weight is 409 g/mol. The Labute approximate surface area is 139 Å². The molecule has 20 heavy (non-hydrogen) atoms. The molecule has 0 fully saturated rings. The summed E-state index contributed by atoms with van der Waals surface area (Å²) in [6, 6.07) is 0. The van der Waals surface area contributed by atoms with Gasteiger partial charge >= 0.3 is 14.4 Å². The van der Waals surface area contributed by atoms with Gasteiger partial charge in [-0.1, -0.05) is 0 Å². The van der Waals surface area contributed by atoms with Crippen LogP contribution in [0.3, 0.4) is 0 Å². The molecule has 0 atom stereocenters. The van der Waals surface area contributed by atoms with E-state index in [-0.39, 0.29) is 37.5 Å². The van der Waals surface area contributed by atoms with Gasteiger partial charge in [-0.15, -0.1) is 39.3 Å². The first-order valence-electron chi connectivity index (χ1n) is 5.48. The van der Waals surface area contributed by atoms with Crippen LogP contribution in [0.1, 0.15) is 0 Å². The van der Waals surface area contributed by atoms with E-state index < -0.39 is 14.4 Å². The van der Waals surface area contributed by atoms with Crippen LogP contribution in [0.2, 0.25) is 0 Å². The Bertz CT molecular complexity index is 326. The highest BCUT2D eigenvalue weighted by Crippen LogP contribution is 2.64. The normalized spacial score (nSPS) is 12.7. The molecule has 12 heteroatoms. The molecule has 0 aliphatic heterocycles. The predicted octanol–water partition coefficient (Wildman–Crippen LogP) is 4.22. The fourth-order valence-electron chi connectivity index (χ4n) is 0.921. The van der Waals surface area contributed by atoms with Crippen molar-refractivity contribution in [2.75, 3.05) is 51.7 Å². The smallest absolute Gasteiger partial charge is 0.316 e. The molecule has 0 saturated carbocycles. The van der Waals surface area contributed by atoms with Crippen molar-refractivity contribution in [2.24, 2.45) is 4.52 Å². The van der Waals surface area contributed by atoms with E-state index in [1.54, 1.807) is 0 Å². The zero-order valence-corrected chi connectivity index (χ0v) is 16.0. The minimum atomic E-state index is -3.13. The average Bonchev–Trinajstić information content (AvgIpc) is 2.48. The van der Waals surface area contributed by atoms with E-state index in [2.05, 4.69) is 4.52 Å². The molecule has 0 amide bonds. The van der Waals surface area contributed by atoms with Crippen molar-refractivity contribution in [3.63, 3.8) is 0 Å². The maximum Gasteiger partial charge on any atom is 0.363 e. The summed E-state index contributed by atoms with van der Waals surface area (Å²) < 4.78 is 31.1. The van der Waals surface area contributed by atoms with Crippen LogP contribution in [-0.4, -0.2) is 51.7 Å². The number of halogens is 3. The molecule has 0 aromatic carbocycles. The van der Waals surface area contributed by atoms with Gasteiger partial charge in [-0.05, 0) is 11.8 Å². The van der Waals surface area contributed by atoms with Gasteiger partial charge in [-0.25, -0.2) is 0 Å². The molecule has 0 bridgehead atoms. The first-order chi connectivity index (χ1) is 9.51. The third-order valence-corrected chi connectivity index (χ3v) is 7.89. The monoisotopic (exact) mass is 407 g/mol. The fraction of sp³-hybridized carbons (Fsp3) is 1.00. The van der Waals surface area contributed by atoms with Crippen molar-refractivity contribution in [3.05, 3.63) is 0 Å². The summed E-state index contributed by atoms with van der Waals surface area (Å²) in [5.74, 6) is 0.734. The summed E-state index contributed by atoms with van der Waals surface area (Å²) in [5.41, 5.74) is 0. The highest BCUT2D eigenvalue weighted by atomic mass is 35.5. The van der Waals surface area contributed by atoms with Gasteiger partial charge < -0.3 is 22.6 Å². The molecule has 0 aliphatic rings. The Morgan fingerprint density at radius 3 is 1.45 bits per heavy atom. The van der Waals surface area contributed by atoms with E-state index in [9.17, 15) is 0 Å². The van der Waals surface area contributed by atoms with Crippen LogP contribution in [0.25, 0.3) is 0 Å². The highest BCUT2D eigenvalue weighted by Gasteiger charge is 2.29. The van der Waals surface area contributed by atoms with Gasteiger partial charge in [0.1, 0.15) is 0 Å². The standard InChI is InChI=1S/C8H18Cl3NO5P2S/c1-13-19(20,14-2)12-18(15-6-3-9,16-7-4-10)17-8-5-11/h3-8H2,1-2H3. The topological polar surface area (TPSA) is 58.5 Å². The lowest BCUT2D eigenvalue weighted by molar-refractivity contribution is 0.165. The molecule has 0 aliphatic carbocycles. The third kappa shape index (κ3) is 8.25. The Kier molecular flexibility index (Phi) is 13.0. The number of nitrogens with zero attached hydrogens (tertiary/aromatic N) is 1. The van der Waals surface area contributed by atoms with Crippen molar-refractivity contribution >= 4 is 61.0 Å². The molecule has 122 valence electrons. The minimum Gasteiger partial charge on any atom is -0.316 e. The second kappa shape index (κ2) is 12.0. The molecule has 6 nitrogen and oxygen atoms in total. The number of hydrogen-bond donors (Lipinski definition) is 0. The minimum absolute atomic E-state index is 0.173. The van der Waals surface area contributed by atoms with Crippen LogP contribution in [0.5, 0.6) is 0 Å². The van der Waals surface area contributed by atoms with Crippen LogP contribution in [-0.2, 0) is 34.4 Å². The van der Waals surface area contributed by atoms with Crippen LogP contribution < -0.4 is 0 Å². The molecule has 0 rings (SSSR count). The first-order valence-corrected chi connectivity index (χ1v) is 11.2. The molecule has 0 radical (unpaired) electrons. The molecule has 0 aromatic rings. The quantitative estimate of drug-likeness (QED) is 0.356. The van der Waals surface area contributed by atoms with Gasteiger partial charge in [-0.3, -0.25) is 0 Å². The molecule has 0 unspecified atom stereocenters. The first kappa shape index (κ1) is 21.6. The number of alkyl halides is 3. The van der Waals surface area contributed by atoms with Gasteiger partial charge in [-0.2, -0.15) is 0 Å². The summed E-state index contributed by atoms with van der Waals surface area (Å²) in [4.78, 5) is 0. The second-order valence-corrected chi connectivity index (χ2v) is 9.57. The molecule has 0 heterocycles. The SMILES string of the molecule is COP(=S)(N=P(OCCCl)(OCCCl)OCCCl)OC. The highest BCUT2D eigenvalue weighted by molar-refractivity contribution is 8.10. The Balaban J connectivity index is 5.42. The van der Waals surface area contributed by atoms with Crippen molar-refractivity contribution < 1.29 is 22.6 Å². The zero-order valence-electron chi connectivity index (χ0n) is 11.2. The molecular weight excluding hydrogens is 390 g/mol. The third-order valence-electron chi connectivity index (χ3n) is 1.68. The molecule has 0 spiro atoms. The van der Waals surface area contributed by atoms with Crippen LogP contribution in [0, 0.1) is 0 Å². The van der Waals surface area contributed by atoms with Gasteiger partial charge in [0.15, 0.2) is 0 Å². The number of hydrogen-bond acceptors (Lipinski definition) is 6. The summed E-state index contributed by atoms with van der Waals surface area (Å²) in [7, 11) is -0.342. The maximum atomic E-state index is 5.62. The van der Waals surface area contributed by atoms with Gasteiger partial charge in [0.05, 0.1) is 19.8 Å². The zero-order chi connectivity index (χ0) is 15.5.